The monoisotopic (exact) mass is 263 g/mol. The summed E-state index contributed by atoms with van der Waals surface area (Å²) in [7, 11) is 2.85. The fourth-order valence-electron chi connectivity index (χ4n) is 3.78. The summed E-state index contributed by atoms with van der Waals surface area (Å²) in [6, 6.07) is -0.416. The first-order chi connectivity index (χ1) is 9.07. The lowest BCUT2D eigenvalue weighted by Gasteiger charge is -2.32. The molecule has 2 aliphatic carbocycles. The number of hydrogen-bond donors (Lipinski definition) is 0. The van der Waals surface area contributed by atoms with Crippen molar-refractivity contribution >= 4 is 5.97 Å². The van der Waals surface area contributed by atoms with Crippen molar-refractivity contribution in [2.45, 2.75) is 12.1 Å². The van der Waals surface area contributed by atoms with E-state index in [9.17, 15) is 14.4 Å². The predicted octanol–water partition coefficient (Wildman–Crippen LogP) is -0.951. The van der Waals surface area contributed by atoms with Gasteiger partial charge in [-0.2, -0.15) is 0 Å². The van der Waals surface area contributed by atoms with Crippen LogP contribution in [0.4, 0.5) is 0 Å². The Kier molecular flexibility index (Phi) is 1.76. The van der Waals surface area contributed by atoms with Crippen molar-refractivity contribution < 1.29 is 9.53 Å². The molecule has 3 heterocycles. The Labute approximate surface area is 107 Å². The van der Waals surface area contributed by atoms with Crippen molar-refractivity contribution in [2.75, 3.05) is 7.11 Å². The number of hydrogen-bond acceptors (Lipinski definition) is 4. The molecule has 0 spiro atoms. The minimum atomic E-state index is -0.321. The number of aromatic nitrogens is 3. The summed E-state index contributed by atoms with van der Waals surface area (Å²) in [5.41, 5.74) is -0.642. The van der Waals surface area contributed by atoms with Crippen LogP contribution in [0.5, 0.6) is 0 Å². The molecule has 0 saturated heterocycles. The molecule has 0 N–H and O–H groups in total. The third kappa shape index (κ3) is 1.03. The van der Waals surface area contributed by atoms with Crippen LogP contribution in [0.15, 0.2) is 21.7 Å². The summed E-state index contributed by atoms with van der Waals surface area (Å²) < 4.78 is 8.89. The van der Waals surface area contributed by atoms with Crippen LogP contribution in [0.1, 0.15) is 12.1 Å². The molecule has 4 aliphatic rings. The average molecular weight is 263 g/mol. The van der Waals surface area contributed by atoms with Gasteiger partial charge in [0, 0.05) is 18.9 Å². The van der Waals surface area contributed by atoms with Gasteiger partial charge in [-0.15, -0.1) is 0 Å². The number of ether oxygens (including phenoxy) is 1. The third-order valence-electron chi connectivity index (χ3n) is 4.66. The highest BCUT2D eigenvalue weighted by Crippen LogP contribution is 2.63. The lowest BCUT2D eigenvalue weighted by molar-refractivity contribution is -0.142. The van der Waals surface area contributed by atoms with Crippen molar-refractivity contribution in [3.8, 4) is 0 Å². The van der Waals surface area contributed by atoms with Crippen LogP contribution in [0.2, 0.25) is 0 Å². The maximum Gasteiger partial charge on any atom is 0.347 e. The third-order valence-corrected chi connectivity index (χ3v) is 4.66. The standard InChI is InChI=1S/C12H13N3O4/c1-13-11(17)14-5-3-4-6(15(14)12(13)18)8-7(5)9(8)10(16)19-2/h3-9H,1-2H3. The largest absolute Gasteiger partial charge is 0.469 e. The molecular formula is C12H13N3O4. The number of carbonyl (C=O) groups excluding carboxylic acids is 1. The second-order valence-electron chi connectivity index (χ2n) is 5.38. The van der Waals surface area contributed by atoms with E-state index >= 15 is 0 Å². The van der Waals surface area contributed by atoms with Crippen LogP contribution in [0.25, 0.3) is 0 Å². The van der Waals surface area contributed by atoms with Crippen molar-refractivity contribution in [1.29, 1.82) is 0 Å². The molecule has 4 unspecified atom stereocenters. The lowest BCUT2D eigenvalue weighted by Crippen LogP contribution is -2.40. The van der Waals surface area contributed by atoms with Crippen LogP contribution in [0, 0.1) is 17.8 Å². The Balaban J connectivity index is 1.89. The van der Waals surface area contributed by atoms with Crippen LogP contribution in [-0.2, 0) is 16.6 Å². The van der Waals surface area contributed by atoms with E-state index in [0.717, 1.165) is 4.57 Å². The second-order valence-corrected chi connectivity index (χ2v) is 5.38. The van der Waals surface area contributed by atoms with Crippen molar-refractivity contribution in [1.82, 2.24) is 13.9 Å². The maximum atomic E-state index is 12.1. The molecule has 0 amide bonds. The number of carbonyl (C=O) groups is 1. The number of allylic oxidation sites excluding steroid dienone is 2. The average Bonchev–Trinajstić information content (AvgIpc) is 3.15. The summed E-state index contributed by atoms with van der Waals surface area (Å²) in [5, 5.41) is 0. The quantitative estimate of drug-likeness (QED) is 0.483. The van der Waals surface area contributed by atoms with Gasteiger partial charge in [-0.25, -0.2) is 23.5 Å². The molecule has 1 fully saturated rings. The number of nitrogens with zero attached hydrogens (tertiary/aromatic N) is 3. The molecule has 2 aliphatic heterocycles. The van der Waals surface area contributed by atoms with E-state index in [1.807, 2.05) is 12.2 Å². The highest BCUT2D eigenvalue weighted by atomic mass is 16.5. The van der Waals surface area contributed by atoms with Crippen molar-refractivity contribution in [3.05, 3.63) is 33.1 Å². The smallest absolute Gasteiger partial charge is 0.347 e. The molecule has 100 valence electrons. The molecule has 4 atom stereocenters. The predicted molar refractivity (Wildman–Crippen MR) is 63.6 cm³/mol. The summed E-state index contributed by atoms with van der Waals surface area (Å²) >= 11 is 0. The first-order valence-corrected chi connectivity index (χ1v) is 6.24. The SMILES string of the molecule is COC(=O)C1C2C1C1C=CC2n2c(=O)n(C)c(=O)n21. The lowest BCUT2D eigenvalue weighted by atomic mass is 9.96. The van der Waals surface area contributed by atoms with Gasteiger partial charge in [0.1, 0.15) is 0 Å². The van der Waals surface area contributed by atoms with Gasteiger partial charge in [0.25, 0.3) is 0 Å². The Morgan fingerprint density at radius 2 is 1.58 bits per heavy atom. The molecule has 2 bridgehead atoms. The van der Waals surface area contributed by atoms with E-state index in [-0.39, 0.29) is 47.2 Å². The van der Waals surface area contributed by atoms with Crippen LogP contribution in [-0.4, -0.2) is 27.0 Å². The summed E-state index contributed by atoms with van der Waals surface area (Å²) in [5.74, 6) is -0.278. The highest BCUT2D eigenvalue weighted by molar-refractivity contribution is 5.77. The molecule has 0 radical (unpaired) electrons. The zero-order valence-corrected chi connectivity index (χ0v) is 10.5. The Hall–Kier alpha value is -2.05. The van der Waals surface area contributed by atoms with Crippen molar-refractivity contribution in [3.63, 3.8) is 0 Å². The summed E-state index contributed by atoms with van der Waals surface area (Å²) in [4.78, 5) is 35.9. The molecular weight excluding hydrogens is 250 g/mol. The van der Waals surface area contributed by atoms with Gasteiger partial charge in [-0.3, -0.25) is 4.79 Å². The molecule has 5 rings (SSSR count). The Morgan fingerprint density at radius 1 is 1.11 bits per heavy atom. The van der Waals surface area contributed by atoms with Gasteiger partial charge >= 0.3 is 17.3 Å². The number of rotatable bonds is 1. The minimum absolute atomic E-state index is 0.0851. The van der Waals surface area contributed by atoms with E-state index in [2.05, 4.69) is 0 Å². The van der Waals surface area contributed by atoms with E-state index < -0.39 is 0 Å². The molecule has 1 saturated carbocycles. The molecule has 7 heteroatoms. The first-order valence-electron chi connectivity index (χ1n) is 6.24. The van der Waals surface area contributed by atoms with Gasteiger partial charge in [-0.1, -0.05) is 12.2 Å². The molecule has 1 aromatic rings. The fraction of sp³-hybridized carbons (Fsp3) is 0.583. The highest BCUT2D eigenvalue weighted by Gasteiger charge is 2.67. The van der Waals surface area contributed by atoms with E-state index in [1.54, 1.807) is 0 Å². The van der Waals surface area contributed by atoms with Gasteiger partial charge in [0.15, 0.2) is 0 Å². The molecule has 7 nitrogen and oxygen atoms in total. The minimum Gasteiger partial charge on any atom is -0.469 e. The van der Waals surface area contributed by atoms with Crippen LogP contribution in [0.3, 0.4) is 0 Å². The number of methoxy groups -OCH3 is 1. The first kappa shape index (κ1) is 10.8. The van der Waals surface area contributed by atoms with Crippen LogP contribution < -0.4 is 11.4 Å². The maximum absolute atomic E-state index is 12.1. The van der Waals surface area contributed by atoms with Gasteiger partial charge < -0.3 is 4.74 Å². The van der Waals surface area contributed by atoms with E-state index in [1.165, 1.54) is 23.5 Å². The molecule has 19 heavy (non-hydrogen) atoms. The Bertz CT molecular complexity index is 686. The van der Waals surface area contributed by atoms with Crippen molar-refractivity contribution in [2.24, 2.45) is 24.8 Å². The second kappa shape index (κ2) is 3.09. The fourth-order valence-corrected chi connectivity index (χ4v) is 3.78. The topological polar surface area (TPSA) is 75.2 Å². The normalized spacial score (nSPS) is 36.8. The molecule has 1 aromatic heterocycles. The van der Waals surface area contributed by atoms with Crippen LogP contribution >= 0.6 is 0 Å². The van der Waals surface area contributed by atoms with E-state index in [4.69, 9.17) is 4.74 Å². The zero-order chi connectivity index (χ0) is 13.5. The summed E-state index contributed by atoms with van der Waals surface area (Å²) in [6.07, 6.45) is 3.85. The Morgan fingerprint density at radius 3 is 2.00 bits per heavy atom. The summed E-state index contributed by atoms with van der Waals surface area (Å²) in [6.45, 7) is 0. The van der Waals surface area contributed by atoms with Gasteiger partial charge in [0.05, 0.1) is 25.1 Å². The number of esters is 1. The molecule has 0 aromatic carbocycles. The van der Waals surface area contributed by atoms with E-state index in [0.29, 0.717) is 0 Å². The van der Waals surface area contributed by atoms with Gasteiger partial charge in [0.2, 0.25) is 0 Å². The zero-order valence-electron chi connectivity index (χ0n) is 10.5. The van der Waals surface area contributed by atoms with Gasteiger partial charge in [-0.05, 0) is 0 Å².